The highest BCUT2D eigenvalue weighted by Crippen LogP contribution is 2.33. The Morgan fingerprint density at radius 2 is 1.75 bits per heavy atom. The lowest BCUT2D eigenvalue weighted by Gasteiger charge is -2.14. The van der Waals surface area contributed by atoms with E-state index in [0.29, 0.717) is 0 Å². The monoisotopic (exact) mass is 196 g/mol. The van der Waals surface area contributed by atoms with E-state index >= 15 is 0 Å². The van der Waals surface area contributed by atoms with Gasteiger partial charge in [-0.1, -0.05) is 34.8 Å². The van der Waals surface area contributed by atoms with Gasteiger partial charge in [-0.05, 0) is 0 Å². The molecular weight excluding hydrogens is 194 g/mol. The van der Waals surface area contributed by atoms with Crippen LogP contribution in [0.5, 0.6) is 0 Å². The number of rotatable bonds is 1. The molecule has 5 heteroatoms. The fourth-order valence-electron chi connectivity index (χ4n) is 0.104. The third kappa shape index (κ3) is 3.21. The van der Waals surface area contributed by atoms with Crippen molar-refractivity contribution in [1.29, 1.82) is 0 Å². The van der Waals surface area contributed by atoms with Gasteiger partial charge in [-0.2, -0.15) is 0 Å². The second-order valence-electron chi connectivity index (χ2n) is 1.19. The van der Waals surface area contributed by atoms with Crippen LogP contribution in [0.2, 0.25) is 0 Å². The largest absolute Gasteiger partial charge is 0.395 e. The minimum Gasteiger partial charge on any atom is -0.395 e. The third-order valence-electron chi connectivity index (χ3n) is 0.515. The minimum atomic E-state index is -1.56. The molecule has 1 N–H and O–H groups in total. The minimum absolute atomic E-state index is 0.335. The summed E-state index contributed by atoms with van der Waals surface area (Å²) in [7, 11) is 0. The van der Waals surface area contributed by atoms with Gasteiger partial charge in [0.05, 0.1) is 6.61 Å². The van der Waals surface area contributed by atoms with Crippen LogP contribution >= 0.6 is 46.4 Å². The Kier molecular flexibility index (Phi) is 3.79. The maximum atomic E-state index is 8.29. The molecule has 0 aliphatic heterocycles. The van der Waals surface area contributed by atoms with Gasteiger partial charge in [-0.25, -0.2) is 0 Å². The van der Waals surface area contributed by atoms with Gasteiger partial charge in [0.15, 0.2) is 0 Å². The van der Waals surface area contributed by atoms with Crippen molar-refractivity contribution < 1.29 is 5.11 Å². The first-order valence-corrected chi connectivity index (χ1v) is 3.37. The molecule has 8 heavy (non-hydrogen) atoms. The average molecular weight is 198 g/mol. The summed E-state index contributed by atoms with van der Waals surface area (Å²) in [4.78, 5) is 0. The molecule has 0 fully saturated rings. The smallest absolute Gasteiger partial charge is 0.208 e. The quantitative estimate of drug-likeness (QED) is 0.638. The van der Waals surface area contributed by atoms with Crippen LogP contribution in [0.3, 0.4) is 0 Å². The molecule has 0 aromatic rings. The molecule has 1 nitrogen and oxygen atoms in total. The van der Waals surface area contributed by atoms with E-state index in [0.717, 1.165) is 0 Å². The van der Waals surface area contributed by atoms with Crippen LogP contribution in [-0.2, 0) is 0 Å². The highest BCUT2D eigenvalue weighted by Gasteiger charge is 2.29. The first kappa shape index (κ1) is 9.12. The van der Waals surface area contributed by atoms with Gasteiger partial charge >= 0.3 is 0 Å². The summed E-state index contributed by atoms with van der Waals surface area (Å²) >= 11 is 21.0. The van der Waals surface area contributed by atoms with Gasteiger partial charge in [0.25, 0.3) is 0 Å². The van der Waals surface area contributed by atoms with Gasteiger partial charge < -0.3 is 5.11 Å². The zero-order valence-corrected chi connectivity index (χ0v) is 6.77. The van der Waals surface area contributed by atoms with E-state index in [1.807, 2.05) is 0 Å². The lowest BCUT2D eigenvalue weighted by atomic mass is 10.5. The first-order valence-electron chi connectivity index (χ1n) is 1.80. The van der Waals surface area contributed by atoms with Crippen molar-refractivity contribution in [2.45, 2.75) is 9.17 Å². The summed E-state index contributed by atoms with van der Waals surface area (Å²) in [6.07, 6.45) is 0. The SMILES string of the molecule is OCC(Cl)C(Cl)(Cl)Cl. The molecule has 0 bridgehead atoms. The van der Waals surface area contributed by atoms with Gasteiger partial charge in [-0.15, -0.1) is 11.6 Å². The number of hydrogen-bond acceptors (Lipinski definition) is 1. The van der Waals surface area contributed by atoms with Crippen LogP contribution in [-0.4, -0.2) is 20.9 Å². The Morgan fingerprint density at radius 1 is 1.38 bits per heavy atom. The summed E-state index contributed by atoms with van der Waals surface area (Å²) in [5, 5.41) is 7.46. The molecule has 0 heterocycles. The second-order valence-corrected chi connectivity index (χ2v) is 4.09. The lowest BCUT2D eigenvalue weighted by molar-refractivity contribution is 0.293. The number of halogens is 4. The van der Waals surface area contributed by atoms with E-state index in [2.05, 4.69) is 0 Å². The van der Waals surface area contributed by atoms with Gasteiger partial charge in [0, 0.05) is 0 Å². The summed E-state index contributed by atoms with van der Waals surface area (Å²) in [6.45, 7) is -0.335. The molecule has 0 saturated carbocycles. The molecule has 50 valence electrons. The standard InChI is InChI=1S/C3H4Cl4O/c4-2(1-8)3(5,6)7/h2,8H,1H2. The molecule has 1 unspecified atom stereocenters. The van der Waals surface area contributed by atoms with E-state index in [1.165, 1.54) is 0 Å². The van der Waals surface area contributed by atoms with Crippen molar-refractivity contribution in [1.82, 2.24) is 0 Å². The van der Waals surface area contributed by atoms with E-state index in [1.54, 1.807) is 0 Å². The Hall–Kier alpha value is 1.12. The molecule has 0 spiro atoms. The fraction of sp³-hybridized carbons (Fsp3) is 1.00. The fourth-order valence-corrected chi connectivity index (χ4v) is 0.311. The maximum absolute atomic E-state index is 8.29. The van der Waals surface area contributed by atoms with Crippen LogP contribution in [0.15, 0.2) is 0 Å². The van der Waals surface area contributed by atoms with Crippen LogP contribution < -0.4 is 0 Å². The Bertz CT molecular complexity index is 68.2. The Balaban J connectivity index is 3.62. The number of aliphatic hydroxyl groups is 1. The van der Waals surface area contributed by atoms with E-state index < -0.39 is 9.17 Å². The number of aliphatic hydroxyl groups excluding tert-OH is 1. The molecule has 1 atom stereocenters. The van der Waals surface area contributed by atoms with Crippen molar-refractivity contribution in [3.63, 3.8) is 0 Å². The zero-order valence-electron chi connectivity index (χ0n) is 3.74. The third-order valence-corrected chi connectivity index (χ3v) is 2.11. The maximum Gasteiger partial charge on any atom is 0.208 e. The summed E-state index contributed by atoms with van der Waals surface area (Å²) < 4.78 is -1.56. The molecule has 0 aliphatic carbocycles. The molecule has 0 radical (unpaired) electrons. The van der Waals surface area contributed by atoms with E-state index in [9.17, 15) is 0 Å². The molecule has 0 rings (SSSR count). The summed E-state index contributed by atoms with van der Waals surface area (Å²) in [5.41, 5.74) is 0. The highest BCUT2D eigenvalue weighted by molar-refractivity contribution is 6.70. The second kappa shape index (κ2) is 3.33. The van der Waals surface area contributed by atoms with Crippen LogP contribution in [0.1, 0.15) is 0 Å². The van der Waals surface area contributed by atoms with Crippen LogP contribution in [0, 0.1) is 0 Å². The Morgan fingerprint density at radius 3 is 1.75 bits per heavy atom. The van der Waals surface area contributed by atoms with Crippen molar-refractivity contribution in [2.75, 3.05) is 6.61 Å². The summed E-state index contributed by atoms with van der Waals surface area (Å²) in [6, 6.07) is 0. The molecule has 0 aromatic carbocycles. The van der Waals surface area contributed by atoms with E-state index in [4.69, 9.17) is 51.5 Å². The van der Waals surface area contributed by atoms with Crippen molar-refractivity contribution in [3.05, 3.63) is 0 Å². The van der Waals surface area contributed by atoms with Gasteiger partial charge in [0.2, 0.25) is 3.79 Å². The zero-order chi connectivity index (χ0) is 6.78. The van der Waals surface area contributed by atoms with Crippen LogP contribution in [0.25, 0.3) is 0 Å². The number of alkyl halides is 4. The first-order chi connectivity index (χ1) is 3.48. The van der Waals surface area contributed by atoms with Gasteiger partial charge in [-0.3, -0.25) is 0 Å². The molecular formula is C3H4Cl4O. The average Bonchev–Trinajstić information content (AvgIpc) is 1.62. The van der Waals surface area contributed by atoms with E-state index in [-0.39, 0.29) is 6.61 Å². The lowest BCUT2D eigenvalue weighted by Crippen LogP contribution is -2.22. The van der Waals surface area contributed by atoms with Crippen molar-refractivity contribution in [3.8, 4) is 0 Å². The molecule has 0 aromatic heterocycles. The normalized spacial score (nSPS) is 16.1. The highest BCUT2D eigenvalue weighted by atomic mass is 35.6. The predicted molar refractivity (Wildman–Crippen MR) is 37.0 cm³/mol. The Labute approximate surface area is 67.5 Å². The van der Waals surface area contributed by atoms with Crippen LogP contribution in [0.4, 0.5) is 0 Å². The predicted octanol–water partition coefficient (Wildman–Crippen LogP) is 1.96. The number of hydrogen-bond donors (Lipinski definition) is 1. The summed E-state index contributed by atoms with van der Waals surface area (Å²) in [5.74, 6) is 0. The molecule has 0 saturated heterocycles. The topological polar surface area (TPSA) is 20.2 Å². The van der Waals surface area contributed by atoms with Crippen molar-refractivity contribution >= 4 is 46.4 Å². The van der Waals surface area contributed by atoms with Crippen molar-refractivity contribution in [2.24, 2.45) is 0 Å². The molecule has 0 amide bonds. The molecule has 0 aliphatic rings. The van der Waals surface area contributed by atoms with Gasteiger partial charge in [0.1, 0.15) is 5.38 Å².